The first-order valence-corrected chi connectivity index (χ1v) is 10.2. The van der Waals surface area contributed by atoms with Crippen molar-refractivity contribution in [2.24, 2.45) is 0 Å². The summed E-state index contributed by atoms with van der Waals surface area (Å²) in [4.78, 5) is 23.4. The summed E-state index contributed by atoms with van der Waals surface area (Å²) in [5.41, 5.74) is 1.81. The molecule has 0 saturated carbocycles. The largest absolute Gasteiger partial charge is 0.481 e. The van der Waals surface area contributed by atoms with Gasteiger partial charge in [-0.3, -0.25) is 4.79 Å². The lowest BCUT2D eigenvalue weighted by Gasteiger charge is -2.28. The quantitative estimate of drug-likeness (QED) is 0.549. The third kappa shape index (κ3) is 6.70. The second-order valence-corrected chi connectivity index (χ2v) is 7.89. The standard InChI is InChI=1S/C24H28O7/c1-24(2)30-22(19(13-21(26)27)28-15-17-9-5-3-6-10-17)23(31-24)20(14-25)29-16-18-11-7-4-8-12-18/h3-12,14,19-20,22-23H,13,15-16H2,1-2H3,(H,26,27)/t19-,20+,22+,23-/m1/s1. The molecule has 0 aliphatic carbocycles. The number of hydrogen-bond acceptors (Lipinski definition) is 6. The fourth-order valence-electron chi connectivity index (χ4n) is 3.56. The highest BCUT2D eigenvalue weighted by Gasteiger charge is 2.50. The Morgan fingerprint density at radius 1 is 0.968 bits per heavy atom. The molecule has 166 valence electrons. The molecule has 1 N–H and O–H groups in total. The third-order valence-corrected chi connectivity index (χ3v) is 4.96. The molecule has 31 heavy (non-hydrogen) atoms. The fourth-order valence-corrected chi connectivity index (χ4v) is 3.56. The number of benzene rings is 2. The lowest BCUT2D eigenvalue weighted by molar-refractivity contribution is -0.169. The molecular formula is C24H28O7. The van der Waals surface area contributed by atoms with Gasteiger partial charge < -0.3 is 28.8 Å². The zero-order valence-corrected chi connectivity index (χ0v) is 17.7. The Hall–Kier alpha value is -2.58. The molecular weight excluding hydrogens is 400 g/mol. The molecule has 0 bridgehead atoms. The summed E-state index contributed by atoms with van der Waals surface area (Å²) >= 11 is 0. The molecule has 0 amide bonds. The van der Waals surface area contributed by atoms with Gasteiger partial charge >= 0.3 is 5.97 Å². The molecule has 0 radical (unpaired) electrons. The first-order valence-electron chi connectivity index (χ1n) is 10.2. The average molecular weight is 428 g/mol. The summed E-state index contributed by atoms with van der Waals surface area (Å²) in [6.45, 7) is 3.86. The van der Waals surface area contributed by atoms with Crippen LogP contribution in [0.4, 0.5) is 0 Å². The van der Waals surface area contributed by atoms with Gasteiger partial charge in [0.25, 0.3) is 0 Å². The van der Waals surface area contributed by atoms with Crippen LogP contribution in [0.25, 0.3) is 0 Å². The number of aliphatic carboxylic acids is 1. The third-order valence-electron chi connectivity index (χ3n) is 4.96. The van der Waals surface area contributed by atoms with Crippen molar-refractivity contribution < 1.29 is 33.6 Å². The molecule has 7 nitrogen and oxygen atoms in total. The van der Waals surface area contributed by atoms with Crippen molar-refractivity contribution in [3.8, 4) is 0 Å². The minimum atomic E-state index is -1.03. The van der Waals surface area contributed by atoms with E-state index in [4.69, 9.17) is 18.9 Å². The van der Waals surface area contributed by atoms with Crippen LogP contribution in [0.3, 0.4) is 0 Å². The maximum Gasteiger partial charge on any atom is 0.306 e. The molecule has 0 unspecified atom stereocenters. The number of carboxylic acid groups (broad SMARTS) is 1. The second-order valence-electron chi connectivity index (χ2n) is 7.89. The van der Waals surface area contributed by atoms with E-state index < -0.39 is 36.2 Å². The molecule has 1 saturated heterocycles. The van der Waals surface area contributed by atoms with Gasteiger partial charge in [0, 0.05) is 0 Å². The van der Waals surface area contributed by atoms with Crippen LogP contribution in [-0.2, 0) is 41.8 Å². The van der Waals surface area contributed by atoms with Crippen LogP contribution in [0.15, 0.2) is 60.7 Å². The van der Waals surface area contributed by atoms with E-state index in [1.54, 1.807) is 13.8 Å². The van der Waals surface area contributed by atoms with E-state index in [9.17, 15) is 14.7 Å². The highest BCUT2D eigenvalue weighted by Crippen LogP contribution is 2.34. The molecule has 2 aromatic rings. The number of carbonyl (C=O) groups is 2. The number of carbonyl (C=O) groups excluding carboxylic acids is 1. The minimum Gasteiger partial charge on any atom is -0.481 e. The lowest BCUT2D eigenvalue weighted by Crippen LogP contribution is -2.46. The normalized spacial score (nSPS) is 22.0. The maximum absolute atomic E-state index is 11.9. The van der Waals surface area contributed by atoms with Gasteiger partial charge in [0.15, 0.2) is 12.1 Å². The van der Waals surface area contributed by atoms with E-state index in [1.165, 1.54) is 0 Å². The summed E-state index contributed by atoms with van der Waals surface area (Å²) in [7, 11) is 0. The summed E-state index contributed by atoms with van der Waals surface area (Å²) in [6, 6.07) is 18.9. The van der Waals surface area contributed by atoms with E-state index >= 15 is 0 Å². The molecule has 1 heterocycles. The van der Waals surface area contributed by atoms with Gasteiger partial charge in [0.05, 0.1) is 25.7 Å². The molecule has 7 heteroatoms. The number of ether oxygens (including phenoxy) is 4. The Morgan fingerprint density at radius 3 is 2.00 bits per heavy atom. The minimum absolute atomic E-state index is 0.211. The van der Waals surface area contributed by atoms with E-state index in [0.29, 0.717) is 6.29 Å². The Labute approximate surface area is 181 Å². The van der Waals surface area contributed by atoms with E-state index in [-0.39, 0.29) is 19.6 Å². The molecule has 3 rings (SSSR count). The number of carboxylic acids is 1. The van der Waals surface area contributed by atoms with Gasteiger partial charge in [0.1, 0.15) is 18.3 Å². The summed E-state index contributed by atoms with van der Waals surface area (Å²) < 4.78 is 23.7. The molecule has 1 aliphatic heterocycles. The highest BCUT2D eigenvalue weighted by molar-refractivity contribution is 5.67. The van der Waals surface area contributed by atoms with Gasteiger partial charge in [-0.05, 0) is 25.0 Å². The first kappa shape index (κ1) is 23.1. The van der Waals surface area contributed by atoms with Crippen molar-refractivity contribution in [3.63, 3.8) is 0 Å². The SMILES string of the molecule is CC1(C)O[C@@H]([C@@H](CC(=O)O)OCc2ccccc2)[C@@H]([C@H](C=O)OCc2ccccc2)O1. The maximum atomic E-state index is 11.9. The predicted octanol–water partition coefficient (Wildman–Crippen LogP) is 3.35. The van der Waals surface area contributed by atoms with Crippen LogP contribution in [0.2, 0.25) is 0 Å². The molecule has 1 aliphatic rings. The van der Waals surface area contributed by atoms with Gasteiger partial charge in [-0.15, -0.1) is 0 Å². The van der Waals surface area contributed by atoms with Crippen LogP contribution in [0, 0.1) is 0 Å². The van der Waals surface area contributed by atoms with Crippen molar-refractivity contribution in [1.82, 2.24) is 0 Å². The van der Waals surface area contributed by atoms with Gasteiger partial charge in [-0.2, -0.15) is 0 Å². The topological polar surface area (TPSA) is 91.3 Å². The van der Waals surface area contributed by atoms with Crippen molar-refractivity contribution in [2.45, 2.75) is 63.7 Å². The van der Waals surface area contributed by atoms with Crippen molar-refractivity contribution in [2.75, 3.05) is 0 Å². The Bertz CT molecular complexity index is 838. The van der Waals surface area contributed by atoms with Crippen LogP contribution in [0.1, 0.15) is 31.4 Å². The molecule has 2 aromatic carbocycles. The zero-order valence-electron chi connectivity index (χ0n) is 17.7. The van der Waals surface area contributed by atoms with E-state index in [0.717, 1.165) is 11.1 Å². The number of rotatable bonds is 11. The average Bonchev–Trinajstić information content (AvgIpc) is 3.08. The van der Waals surface area contributed by atoms with Crippen LogP contribution < -0.4 is 0 Å². The fraction of sp³-hybridized carbons (Fsp3) is 0.417. The van der Waals surface area contributed by atoms with Gasteiger partial charge in [0.2, 0.25) is 0 Å². The number of aldehydes is 1. The van der Waals surface area contributed by atoms with Crippen molar-refractivity contribution in [3.05, 3.63) is 71.8 Å². The monoisotopic (exact) mass is 428 g/mol. The number of hydrogen-bond donors (Lipinski definition) is 1. The summed E-state index contributed by atoms with van der Waals surface area (Å²) in [6.07, 6.45) is -2.99. The Kier molecular flexibility index (Phi) is 7.92. The smallest absolute Gasteiger partial charge is 0.306 e. The van der Waals surface area contributed by atoms with Crippen molar-refractivity contribution >= 4 is 12.3 Å². The second kappa shape index (κ2) is 10.6. The lowest BCUT2D eigenvalue weighted by atomic mass is 10.0. The molecule has 0 aromatic heterocycles. The molecule has 0 spiro atoms. The highest BCUT2D eigenvalue weighted by atomic mass is 16.8. The summed E-state index contributed by atoms with van der Waals surface area (Å²) in [5.74, 6) is -2.04. The van der Waals surface area contributed by atoms with Crippen LogP contribution in [0.5, 0.6) is 0 Å². The van der Waals surface area contributed by atoms with E-state index in [2.05, 4.69) is 0 Å². The molecule has 4 atom stereocenters. The first-order chi connectivity index (χ1) is 14.9. The Morgan fingerprint density at radius 2 is 1.48 bits per heavy atom. The predicted molar refractivity (Wildman–Crippen MR) is 112 cm³/mol. The van der Waals surface area contributed by atoms with Crippen molar-refractivity contribution in [1.29, 1.82) is 0 Å². The summed E-state index contributed by atoms with van der Waals surface area (Å²) in [5, 5.41) is 9.43. The van der Waals surface area contributed by atoms with E-state index in [1.807, 2.05) is 60.7 Å². The zero-order chi connectivity index (χ0) is 22.3. The molecule has 1 fully saturated rings. The van der Waals surface area contributed by atoms with Crippen LogP contribution in [-0.4, -0.2) is 47.6 Å². The van der Waals surface area contributed by atoms with Crippen LogP contribution >= 0.6 is 0 Å². The van der Waals surface area contributed by atoms with Gasteiger partial charge in [-0.25, -0.2) is 0 Å². The van der Waals surface area contributed by atoms with Gasteiger partial charge in [-0.1, -0.05) is 60.7 Å². The Balaban J connectivity index is 1.75.